The molecule has 4 bridgehead atoms. The monoisotopic (exact) mass is 683 g/mol. The van der Waals surface area contributed by atoms with Crippen molar-refractivity contribution in [2.75, 3.05) is 23.9 Å². The molecule has 0 saturated carbocycles. The Morgan fingerprint density at radius 2 is 0.897 bits per heavy atom. The first-order valence-corrected chi connectivity index (χ1v) is 13.1. The molecule has 7 rings (SSSR count). The third-order valence-electron chi connectivity index (χ3n) is 7.68. The molecular weight excluding hydrogens is 655 g/mol. The van der Waals surface area contributed by atoms with Crippen LogP contribution in [-0.4, -0.2) is 14.1 Å². The minimum atomic E-state index is 0. The van der Waals surface area contributed by atoms with E-state index in [1.165, 1.54) is 55.2 Å². The molecule has 0 radical (unpaired) electrons. The molecule has 0 N–H and O–H groups in total. The van der Waals surface area contributed by atoms with Crippen LogP contribution in [0.4, 0.5) is 11.4 Å². The predicted molar refractivity (Wildman–Crippen MR) is 161 cm³/mol. The summed E-state index contributed by atoms with van der Waals surface area (Å²) in [5, 5.41) is 4.94. The molecule has 0 unspecified atom stereocenters. The summed E-state index contributed by atoms with van der Waals surface area (Å²) in [7, 11) is 4.36. The van der Waals surface area contributed by atoms with Crippen LogP contribution in [0.5, 0.6) is 0 Å². The van der Waals surface area contributed by atoms with E-state index in [0.29, 0.717) is 0 Å². The minimum absolute atomic E-state index is 0. The molecule has 0 spiro atoms. The maximum atomic E-state index is 3.84. The van der Waals surface area contributed by atoms with Crippen LogP contribution in [0.2, 0.25) is 0 Å². The van der Waals surface area contributed by atoms with Crippen molar-refractivity contribution in [1.29, 1.82) is 0 Å². The van der Waals surface area contributed by atoms with Crippen molar-refractivity contribution in [3.63, 3.8) is 0 Å². The molecule has 0 fully saturated rings. The van der Waals surface area contributed by atoms with E-state index in [0.717, 1.165) is 24.2 Å². The predicted octanol–water partition coefficient (Wildman–Crippen LogP) is 8.51. The van der Waals surface area contributed by atoms with Gasteiger partial charge < -0.3 is 9.80 Å². The fourth-order valence-electron chi connectivity index (χ4n) is 5.92. The zero-order chi connectivity index (χ0) is 25.6. The van der Waals surface area contributed by atoms with Crippen molar-refractivity contribution in [2.45, 2.75) is 13.1 Å². The molecule has 1 aliphatic heterocycles. The van der Waals surface area contributed by atoms with E-state index in [9.17, 15) is 0 Å². The third kappa shape index (κ3) is 4.54. The summed E-state index contributed by atoms with van der Waals surface area (Å²) < 4.78 is 0. The van der Waals surface area contributed by atoms with Gasteiger partial charge in [0.2, 0.25) is 0 Å². The molecule has 190 valence electrons. The molecule has 3 heteroatoms. The molecule has 0 saturated heterocycles. The van der Waals surface area contributed by atoms with Gasteiger partial charge in [-0.15, -0.1) is 68.1 Å². The van der Waals surface area contributed by atoms with Gasteiger partial charge in [-0.25, -0.2) is 0 Å². The van der Waals surface area contributed by atoms with Crippen molar-refractivity contribution in [2.24, 2.45) is 0 Å². The van der Waals surface area contributed by atoms with Crippen LogP contribution >= 0.6 is 0 Å². The molecule has 0 aliphatic carbocycles. The van der Waals surface area contributed by atoms with Gasteiger partial charge in [-0.05, 0) is 12.1 Å². The molecule has 6 aromatic rings. The number of nitrogens with zero attached hydrogens (tertiary/aromatic N) is 2. The van der Waals surface area contributed by atoms with Crippen molar-refractivity contribution in [1.82, 2.24) is 0 Å². The number of hydrogen-bond donors (Lipinski definition) is 0. The fraction of sp³-hybridized carbons (Fsp3) is 0.111. The summed E-state index contributed by atoms with van der Waals surface area (Å²) in [6.07, 6.45) is 0. The van der Waals surface area contributed by atoms with Gasteiger partial charge in [0, 0.05) is 38.6 Å². The van der Waals surface area contributed by atoms with Crippen LogP contribution in [0.15, 0.2) is 109 Å². The van der Waals surface area contributed by atoms with E-state index in [-0.39, 0.29) is 21.1 Å². The van der Waals surface area contributed by atoms with Gasteiger partial charge in [0.25, 0.3) is 0 Å². The van der Waals surface area contributed by atoms with Crippen LogP contribution < -0.4 is 9.80 Å². The van der Waals surface area contributed by atoms with Gasteiger partial charge in [-0.2, -0.15) is 0 Å². The van der Waals surface area contributed by atoms with E-state index < -0.39 is 0 Å². The van der Waals surface area contributed by atoms with E-state index >= 15 is 0 Å². The second kappa shape index (κ2) is 10.4. The summed E-state index contributed by atoms with van der Waals surface area (Å²) in [6.45, 7) is 1.51. The number of hydrogen-bond acceptors (Lipinski definition) is 2. The minimum Gasteiger partial charge on any atom is -0.379 e. The van der Waals surface area contributed by atoms with Crippen LogP contribution in [0.1, 0.15) is 11.1 Å². The van der Waals surface area contributed by atoms with Gasteiger partial charge in [0.15, 0.2) is 0 Å². The van der Waals surface area contributed by atoms with Crippen LogP contribution in [0, 0.1) is 12.1 Å². The fourth-order valence-corrected chi connectivity index (χ4v) is 5.92. The largest absolute Gasteiger partial charge is 4.00 e. The molecule has 0 atom stereocenters. The smallest absolute Gasteiger partial charge is 0.379 e. The van der Waals surface area contributed by atoms with Gasteiger partial charge in [0.1, 0.15) is 0 Å². The molecular formula is C36H28N2Pt+2. The summed E-state index contributed by atoms with van der Waals surface area (Å²) >= 11 is 0. The third-order valence-corrected chi connectivity index (χ3v) is 7.68. The van der Waals surface area contributed by atoms with E-state index in [2.05, 4.69) is 145 Å². The number of para-hydroxylation sites is 2. The van der Waals surface area contributed by atoms with E-state index in [1.807, 2.05) is 0 Å². The Labute approximate surface area is 244 Å². The van der Waals surface area contributed by atoms with Crippen molar-refractivity contribution in [3.8, 4) is 22.3 Å². The summed E-state index contributed by atoms with van der Waals surface area (Å²) in [6, 6.07) is 47.0. The molecule has 0 aromatic heterocycles. The number of benzene rings is 6. The molecule has 39 heavy (non-hydrogen) atoms. The molecule has 6 aromatic carbocycles. The summed E-state index contributed by atoms with van der Waals surface area (Å²) in [5.74, 6) is 0. The second-order valence-corrected chi connectivity index (χ2v) is 10.3. The second-order valence-electron chi connectivity index (χ2n) is 10.3. The standard InChI is InChI=1S/C36H28N2.Pt/c1-37-23-25-19-27-11-3-6-14-30(27)34(21-25)32-16-8-10-18-36(32)38(2)24-26-20-28-12-4-5-13-29(28)33(22-26)31-15-7-9-17-35(31)37;/h3-20H,23-24H2,1-2H3;/q-2;+4. The normalized spacial score (nSPS) is 12.9. The van der Waals surface area contributed by atoms with E-state index in [4.69, 9.17) is 0 Å². The van der Waals surface area contributed by atoms with Crippen molar-refractivity contribution >= 4 is 32.9 Å². The molecule has 1 heterocycles. The Kier molecular flexibility index (Phi) is 6.75. The van der Waals surface area contributed by atoms with Gasteiger partial charge in [-0.3, -0.25) is 0 Å². The van der Waals surface area contributed by atoms with Gasteiger partial charge in [-0.1, -0.05) is 96.1 Å². The maximum absolute atomic E-state index is 3.84. The Morgan fingerprint density at radius 3 is 1.36 bits per heavy atom. The first-order valence-electron chi connectivity index (χ1n) is 13.1. The van der Waals surface area contributed by atoms with E-state index in [1.54, 1.807) is 0 Å². The van der Waals surface area contributed by atoms with Crippen LogP contribution in [-0.2, 0) is 34.2 Å². The Hall–Kier alpha value is -3.87. The summed E-state index contributed by atoms with van der Waals surface area (Å²) in [5.41, 5.74) is 9.45. The SMILES string of the molecule is CN1Cc2[c-]c(c3ccccc3c2)-c2ccccc2N(C)Cc2[c-]c(c3ccccc3c2)-c2ccccc21.[Pt+4]. The molecule has 2 nitrogen and oxygen atoms in total. The van der Waals surface area contributed by atoms with Crippen molar-refractivity contribution < 1.29 is 21.1 Å². The van der Waals surface area contributed by atoms with Crippen LogP contribution in [0.25, 0.3) is 43.8 Å². The zero-order valence-corrected chi connectivity index (χ0v) is 24.3. The average Bonchev–Trinajstić information content (AvgIpc) is 2.96. The topological polar surface area (TPSA) is 6.48 Å². The molecule has 1 aliphatic rings. The van der Waals surface area contributed by atoms with Crippen LogP contribution in [0.3, 0.4) is 0 Å². The average molecular weight is 684 g/mol. The first-order chi connectivity index (χ1) is 18.7. The van der Waals surface area contributed by atoms with Crippen molar-refractivity contribution in [3.05, 3.63) is 132 Å². The van der Waals surface area contributed by atoms with Gasteiger partial charge >= 0.3 is 21.1 Å². The zero-order valence-electron chi connectivity index (χ0n) is 22.0. The Bertz CT molecular complexity index is 1690. The molecule has 0 amide bonds. The van der Waals surface area contributed by atoms with Gasteiger partial charge in [0.05, 0.1) is 0 Å². The number of fused-ring (bicyclic) bond motifs is 12. The Balaban J connectivity index is 0.00000277. The summed E-state index contributed by atoms with van der Waals surface area (Å²) in [4.78, 5) is 4.69. The quantitative estimate of drug-likeness (QED) is 0.148. The first kappa shape index (κ1) is 25.4. The maximum Gasteiger partial charge on any atom is 4.00 e. The Morgan fingerprint density at radius 1 is 0.513 bits per heavy atom. The number of anilines is 2. The number of rotatable bonds is 0.